The molecule has 1 saturated carbocycles. The number of fused-ring (bicyclic) bond motifs is 1. The van der Waals surface area contributed by atoms with Gasteiger partial charge in [0.25, 0.3) is 0 Å². The number of hydrogen-bond donors (Lipinski definition) is 0. The molecule has 0 aromatic heterocycles. The zero-order valence-electron chi connectivity index (χ0n) is 17.1. The first kappa shape index (κ1) is 18.8. The van der Waals surface area contributed by atoms with Crippen molar-refractivity contribution in [1.29, 1.82) is 0 Å². The topological polar surface area (TPSA) is 37.4 Å². The van der Waals surface area contributed by atoms with Crippen molar-refractivity contribution in [2.24, 2.45) is 11.8 Å². The van der Waals surface area contributed by atoms with E-state index in [1.54, 1.807) is 0 Å². The van der Waals surface area contributed by atoms with Crippen molar-refractivity contribution in [1.82, 2.24) is 0 Å². The van der Waals surface area contributed by atoms with Crippen LogP contribution in [0.2, 0.25) is 0 Å². The van der Waals surface area contributed by atoms with Crippen LogP contribution in [0.1, 0.15) is 41.4 Å². The van der Waals surface area contributed by atoms with Crippen LogP contribution in [0.3, 0.4) is 0 Å². The molecule has 0 N–H and O–H groups in total. The third kappa shape index (κ3) is 2.97. The van der Waals surface area contributed by atoms with E-state index in [9.17, 15) is 9.59 Å². The van der Waals surface area contributed by atoms with Crippen LogP contribution in [0, 0.1) is 18.8 Å². The summed E-state index contributed by atoms with van der Waals surface area (Å²) >= 11 is 0. The van der Waals surface area contributed by atoms with Crippen LogP contribution in [0.4, 0.5) is 5.69 Å². The van der Waals surface area contributed by atoms with Crippen molar-refractivity contribution >= 4 is 17.5 Å². The molecule has 5 rings (SSSR count). The van der Waals surface area contributed by atoms with Crippen LogP contribution in [-0.2, 0) is 9.59 Å². The fourth-order valence-corrected chi connectivity index (χ4v) is 5.48. The Morgan fingerprint density at radius 1 is 0.633 bits per heavy atom. The van der Waals surface area contributed by atoms with E-state index < -0.39 is 0 Å². The van der Waals surface area contributed by atoms with Crippen molar-refractivity contribution in [3.05, 3.63) is 102 Å². The lowest BCUT2D eigenvalue weighted by molar-refractivity contribution is -0.122. The van der Waals surface area contributed by atoms with Gasteiger partial charge in [0.1, 0.15) is 0 Å². The summed E-state index contributed by atoms with van der Waals surface area (Å²) in [5, 5.41) is 0. The first-order chi connectivity index (χ1) is 14.7. The smallest absolute Gasteiger partial charge is 0.238 e. The van der Waals surface area contributed by atoms with E-state index in [-0.39, 0.29) is 35.5 Å². The zero-order chi connectivity index (χ0) is 20.7. The first-order valence-electron chi connectivity index (χ1n) is 10.7. The Morgan fingerprint density at radius 3 is 1.53 bits per heavy atom. The maximum Gasteiger partial charge on any atom is 0.238 e. The Morgan fingerprint density at radius 2 is 1.07 bits per heavy atom. The summed E-state index contributed by atoms with van der Waals surface area (Å²) in [4.78, 5) is 29.0. The Balaban J connectivity index is 1.62. The van der Waals surface area contributed by atoms with E-state index in [0.29, 0.717) is 0 Å². The predicted molar refractivity (Wildman–Crippen MR) is 118 cm³/mol. The molecule has 1 saturated heterocycles. The van der Waals surface area contributed by atoms with E-state index in [1.807, 2.05) is 67.6 Å². The van der Waals surface area contributed by atoms with Crippen molar-refractivity contribution < 1.29 is 9.59 Å². The lowest BCUT2D eigenvalue weighted by Crippen LogP contribution is -2.34. The van der Waals surface area contributed by atoms with E-state index in [1.165, 1.54) is 4.90 Å². The molecule has 1 aliphatic heterocycles. The monoisotopic (exact) mass is 395 g/mol. The maximum atomic E-state index is 13.8. The molecule has 0 spiro atoms. The van der Waals surface area contributed by atoms with Crippen LogP contribution in [0.5, 0.6) is 0 Å². The normalized spacial score (nSPS) is 26.0. The Hall–Kier alpha value is -3.20. The number of nitrogens with zero attached hydrogens (tertiary/aromatic N) is 1. The van der Waals surface area contributed by atoms with Gasteiger partial charge in [0.2, 0.25) is 11.8 Å². The lowest BCUT2D eigenvalue weighted by atomic mass is 9.64. The van der Waals surface area contributed by atoms with E-state index in [0.717, 1.165) is 35.2 Å². The average molecular weight is 396 g/mol. The largest absolute Gasteiger partial charge is 0.274 e. The van der Waals surface area contributed by atoms with Crippen molar-refractivity contribution in [3.63, 3.8) is 0 Å². The highest BCUT2D eigenvalue weighted by atomic mass is 16.2. The van der Waals surface area contributed by atoms with Gasteiger partial charge in [0.15, 0.2) is 0 Å². The molecule has 2 aliphatic rings. The molecule has 1 heterocycles. The molecule has 2 amide bonds. The van der Waals surface area contributed by atoms with Gasteiger partial charge in [-0.25, -0.2) is 4.90 Å². The summed E-state index contributed by atoms with van der Waals surface area (Å²) < 4.78 is 0. The van der Waals surface area contributed by atoms with E-state index in [4.69, 9.17) is 0 Å². The standard InChI is InChI=1S/C27H25NO2/c1-18-10-8-9-15-23(18)28-26(29)24-21(19-11-4-2-5-12-19)16-17-22(25(24)27(28)30)20-13-6-3-7-14-20/h2-15,21-22,24-25H,16-17H2,1H3/t21-,22+,24+,25-. The Kier molecular flexibility index (Phi) is 4.74. The molecule has 3 heteroatoms. The summed E-state index contributed by atoms with van der Waals surface area (Å²) in [6.07, 6.45) is 1.82. The molecule has 0 unspecified atom stereocenters. The number of anilines is 1. The number of carbonyl (C=O) groups is 2. The van der Waals surface area contributed by atoms with Crippen LogP contribution < -0.4 is 4.90 Å². The molecule has 0 radical (unpaired) electrons. The van der Waals surface area contributed by atoms with Gasteiger partial charge in [0.05, 0.1) is 17.5 Å². The molecule has 0 bridgehead atoms. The van der Waals surface area contributed by atoms with Crippen LogP contribution in [0.25, 0.3) is 0 Å². The number of rotatable bonds is 3. The first-order valence-corrected chi connectivity index (χ1v) is 10.7. The van der Waals surface area contributed by atoms with Crippen LogP contribution >= 0.6 is 0 Å². The average Bonchev–Trinajstić information content (AvgIpc) is 3.06. The van der Waals surface area contributed by atoms with Crippen molar-refractivity contribution in [2.75, 3.05) is 4.90 Å². The molecule has 4 atom stereocenters. The third-order valence-corrected chi connectivity index (χ3v) is 6.87. The highest BCUT2D eigenvalue weighted by Crippen LogP contribution is 2.53. The van der Waals surface area contributed by atoms with Gasteiger partial charge in [-0.2, -0.15) is 0 Å². The van der Waals surface area contributed by atoms with Crippen LogP contribution in [0.15, 0.2) is 84.9 Å². The summed E-state index contributed by atoms with van der Waals surface area (Å²) in [5.74, 6) is -0.595. The molecule has 2 fully saturated rings. The number of hydrogen-bond acceptors (Lipinski definition) is 2. The number of aryl methyl sites for hydroxylation is 1. The summed E-state index contributed by atoms with van der Waals surface area (Å²) in [6, 6.07) is 28.2. The number of carbonyl (C=O) groups excluding carboxylic acids is 2. The molecule has 3 nitrogen and oxygen atoms in total. The summed E-state index contributed by atoms with van der Waals surface area (Å²) in [5.41, 5.74) is 3.99. The second kappa shape index (κ2) is 7.56. The van der Waals surface area contributed by atoms with Gasteiger partial charge in [0, 0.05) is 0 Å². The Bertz CT molecular complexity index is 1010. The third-order valence-electron chi connectivity index (χ3n) is 6.87. The Labute approximate surface area is 177 Å². The SMILES string of the molecule is Cc1ccccc1N1C(=O)[C@@H]2[C@H](C1=O)[C@H](c1ccccc1)CC[C@@H]2c1ccccc1. The van der Waals surface area contributed by atoms with Gasteiger partial charge < -0.3 is 0 Å². The fraction of sp³-hybridized carbons (Fsp3) is 0.259. The lowest BCUT2D eigenvalue weighted by Gasteiger charge is -2.37. The van der Waals surface area contributed by atoms with Crippen molar-refractivity contribution in [2.45, 2.75) is 31.6 Å². The van der Waals surface area contributed by atoms with Crippen molar-refractivity contribution in [3.8, 4) is 0 Å². The van der Waals surface area contributed by atoms with Gasteiger partial charge in [-0.3, -0.25) is 9.59 Å². The predicted octanol–water partition coefficient (Wildman–Crippen LogP) is 5.46. The fourth-order valence-electron chi connectivity index (χ4n) is 5.48. The van der Waals surface area contributed by atoms with Gasteiger partial charge in [-0.05, 0) is 54.4 Å². The maximum absolute atomic E-state index is 13.8. The number of amides is 2. The molecule has 3 aromatic rings. The highest BCUT2D eigenvalue weighted by molar-refractivity contribution is 6.23. The molecule has 1 aliphatic carbocycles. The molecular formula is C27H25NO2. The van der Waals surface area contributed by atoms with Gasteiger partial charge >= 0.3 is 0 Å². The number of imide groups is 1. The number of benzene rings is 3. The second-order valence-corrected chi connectivity index (χ2v) is 8.46. The molecular weight excluding hydrogens is 370 g/mol. The zero-order valence-corrected chi connectivity index (χ0v) is 17.1. The quantitative estimate of drug-likeness (QED) is 0.552. The van der Waals surface area contributed by atoms with Crippen LogP contribution in [-0.4, -0.2) is 11.8 Å². The minimum Gasteiger partial charge on any atom is -0.274 e. The van der Waals surface area contributed by atoms with Gasteiger partial charge in [-0.15, -0.1) is 0 Å². The minimum absolute atomic E-state index is 0.0474. The summed E-state index contributed by atoms with van der Waals surface area (Å²) in [6.45, 7) is 1.96. The minimum atomic E-state index is -0.321. The van der Waals surface area contributed by atoms with E-state index in [2.05, 4.69) is 24.3 Å². The van der Waals surface area contributed by atoms with E-state index >= 15 is 0 Å². The molecule has 30 heavy (non-hydrogen) atoms. The number of para-hydroxylation sites is 1. The van der Waals surface area contributed by atoms with Gasteiger partial charge in [-0.1, -0.05) is 78.9 Å². The molecule has 150 valence electrons. The highest BCUT2D eigenvalue weighted by Gasteiger charge is 2.56. The second-order valence-electron chi connectivity index (χ2n) is 8.46. The summed E-state index contributed by atoms with van der Waals surface area (Å²) in [7, 11) is 0. The molecule has 3 aromatic carbocycles.